The van der Waals surface area contributed by atoms with Gasteiger partial charge in [0.25, 0.3) is 10.2 Å². The Morgan fingerprint density at radius 3 is 2.35 bits per heavy atom. The molecule has 0 spiro atoms. The zero-order valence-electron chi connectivity index (χ0n) is 16.7. The summed E-state index contributed by atoms with van der Waals surface area (Å²) in [5, 5.41) is 10.4. The highest BCUT2D eigenvalue weighted by Crippen LogP contribution is 2.57. The Hall–Kier alpha value is -2.46. The first-order chi connectivity index (χ1) is 14.7. The fourth-order valence-electron chi connectivity index (χ4n) is 4.33. The van der Waals surface area contributed by atoms with Crippen LogP contribution in [0, 0.1) is 5.92 Å². The number of aliphatic carboxylic acids is 1. The van der Waals surface area contributed by atoms with Crippen molar-refractivity contribution < 1.29 is 23.1 Å². The van der Waals surface area contributed by atoms with E-state index in [9.17, 15) is 23.1 Å². The van der Waals surface area contributed by atoms with Crippen molar-refractivity contribution in [3.05, 3.63) is 65.2 Å². The zero-order chi connectivity index (χ0) is 22.4. The molecule has 0 radical (unpaired) electrons. The Labute approximate surface area is 185 Å². The van der Waals surface area contributed by atoms with Gasteiger partial charge in [0.2, 0.25) is 5.91 Å². The molecular weight excluding hydrogens is 442 g/mol. The summed E-state index contributed by atoms with van der Waals surface area (Å²) in [6.45, 7) is 1.53. The van der Waals surface area contributed by atoms with E-state index >= 15 is 0 Å². The summed E-state index contributed by atoms with van der Waals surface area (Å²) in [4.78, 5) is 26.3. The third-order valence-corrected chi connectivity index (χ3v) is 7.91. The van der Waals surface area contributed by atoms with Crippen molar-refractivity contribution in [2.75, 3.05) is 24.5 Å². The predicted octanol–water partition coefficient (Wildman–Crippen LogP) is 2.08. The van der Waals surface area contributed by atoms with E-state index in [1.165, 1.54) is 4.90 Å². The summed E-state index contributed by atoms with van der Waals surface area (Å²) in [7, 11) is -4.21. The van der Waals surface area contributed by atoms with Gasteiger partial charge in [-0.05, 0) is 35.7 Å². The maximum Gasteiger partial charge on any atom is 0.325 e. The van der Waals surface area contributed by atoms with Crippen molar-refractivity contribution in [2.45, 2.75) is 18.4 Å². The molecule has 1 heterocycles. The molecule has 31 heavy (non-hydrogen) atoms. The van der Waals surface area contributed by atoms with Crippen molar-refractivity contribution in [3.8, 4) is 0 Å². The minimum atomic E-state index is -4.21. The summed E-state index contributed by atoms with van der Waals surface area (Å²) >= 11 is 5.88. The highest BCUT2D eigenvalue weighted by Gasteiger charge is 2.70. The van der Waals surface area contributed by atoms with Gasteiger partial charge in [0.15, 0.2) is 0 Å². The molecule has 3 atom stereocenters. The highest BCUT2D eigenvalue weighted by molar-refractivity contribution is 7.87. The van der Waals surface area contributed by atoms with Crippen LogP contribution in [-0.4, -0.2) is 54.9 Å². The number of nitrogens with one attached hydrogen (secondary N) is 1. The number of nitrogens with zero attached hydrogens (tertiary/aromatic N) is 2. The number of rotatable bonds is 6. The molecule has 4 rings (SSSR count). The number of carboxylic acids is 1. The third kappa shape index (κ3) is 3.82. The van der Waals surface area contributed by atoms with Crippen LogP contribution >= 0.6 is 11.6 Å². The molecule has 1 aliphatic heterocycles. The van der Waals surface area contributed by atoms with Gasteiger partial charge >= 0.3 is 5.97 Å². The zero-order valence-corrected chi connectivity index (χ0v) is 18.3. The van der Waals surface area contributed by atoms with Crippen molar-refractivity contribution in [3.63, 3.8) is 0 Å². The van der Waals surface area contributed by atoms with Crippen molar-refractivity contribution in [1.29, 1.82) is 0 Å². The molecule has 2 aromatic carbocycles. The molecule has 1 unspecified atom stereocenters. The van der Waals surface area contributed by atoms with Gasteiger partial charge in [0.05, 0.1) is 6.54 Å². The maximum absolute atomic E-state index is 13.1. The van der Waals surface area contributed by atoms with Gasteiger partial charge in [-0.1, -0.05) is 48.9 Å². The summed E-state index contributed by atoms with van der Waals surface area (Å²) in [6.07, 6.45) is 0. The summed E-state index contributed by atoms with van der Waals surface area (Å²) in [5.41, 5.74) is -0.263. The SMILES string of the molecule is CC1[C@H](c2ccccc2)[C@]1(NS(=O)(=O)N1CCN(c2ccc(Cl)cc2)C(=O)C1)C(=O)O. The van der Waals surface area contributed by atoms with E-state index in [1.54, 1.807) is 55.5 Å². The molecule has 8 nitrogen and oxygen atoms in total. The van der Waals surface area contributed by atoms with Crippen molar-refractivity contribution in [1.82, 2.24) is 9.03 Å². The van der Waals surface area contributed by atoms with E-state index in [2.05, 4.69) is 4.72 Å². The predicted molar refractivity (Wildman–Crippen MR) is 116 cm³/mol. The van der Waals surface area contributed by atoms with E-state index in [0.29, 0.717) is 10.7 Å². The second-order valence-corrected chi connectivity index (χ2v) is 9.92. The van der Waals surface area contributed by atoms with E-state index in [4.69, 9.17) is 11.6 Å². The molecule has 1 amide bonds. The summed E-state index contributed by atoms with van der Waals surface area (Å²) in [6, 6.07) is 15.7. The maximum atomic E-state index is 13.1. The lowest BCUT2D eigenvalue weighted by molar-refractivity contribution is -0.140. The summed E-state index contributed by atoms with van der Waals surface area (Å²) in [5.74, 6) is -2.56. The van der Waals surface area contributed by atoms with Crippen LogP contribution in [0.5, 0.6) is 0 Å². The Morgan fingerprint density at radius 1 is 1.13 bits per heavy atom. The molecule has 1 aliphatic carbocycles. The van der Waals surface area contributed by atoms with Gasteiger partial charge in [-0.15, -0.1) is 0 Å². The average molecular weight is 464 g/mol. The Morgan fingerprint density at radius 2 is 1.77 bits per heavy atom. The van der Waals surface area contributed by atoms with Crippen LogP contribution in [0.1, 0.15) is 18.4 Å². The molecule has 2 N–H and O–H groups in total. The van der Waals surface area contributed by atoms with Crippen LogP contribution in [0.3, 0.4) is 0 Å². The topological polar surface area (TPSA) is 107 Å². The van der Waals surface area contributed by atoms with Crippen LogP contribution in [0.25, 0.3) is 0 Å². The van der Waals surface area contributed by atoms with E-state index in [1.807, 2.05) is 6.07 Å². The number of carbonyl (C=O) groups excluding carboxylic acids is 1. The van der Waals surface area contributed by atoms with Crippen LogP contribution in [0.15, 0.2) is 54.6 Å². The first-order valence-electron chi connectivity index (χ1n) is 9.80. The number of carbonyl (C=O) groups is 2. The van der Waals surface area contributed by atoms with Gasteiger partial charge in [0, 0.05) is 29.7 Å². The molecule has 10 heteroatoms. The van der Waals surface area contributed by atoms with Gasteiger partial charge in [-0.3, -0.25) is 9.59 Å². The lowest BCUT2D eigenvalue weighted by atomic mass is 10.1. The number of piperazine rings is 1. The number of amides is 1. The highest BCUT2D eigenvalue weighted by atomic mass is 35.5. The van der Waals surface area contributed by atoms with Gasteiger partial charge in [0.1, 0.15) is 5.54 Å². The Kier molecular flexibility index (Phi) is 5.55. The third-order valence-electron chi connectivity index (χ3n) is 6.07. The number of benzene rings is 2. The van der Waals surface area contributed by atoms with Crippen LogP contribution in [-0.2, 0) is 19.8 Å². The average Bonchev–Trinajstić information content (AvgIpc) is 3.33. The molecule has 2 fully saturated rings. The van der Waals surface area contributed by atoms with E-state index < -0.39 is 39.5 Å². The van der Waals surface area contributed by atoms with Crippen LogP contribution in [0.4, 0.5) is 5.69 Å². The number of halogens is 1. The first kappa shape index (κ1) is 21.8. The molecule has 2 aromatic rings. The standard InChI is InChI=1S/C21H22ClN3O5S/c1-14-19(15-5-3-2-4-6-15)21(14,20(27)28)23-31(29,30)24-11-12-25(18(26)13-24)17-9-7-16(22)8-10-17/h2-10,14,19,23H,11-13H2,1H3,(H,27,28)/t14?,19-,21+/m1/s1. The fourth-order valence-corrected chi connectivity index (χ4v) is 6.01. The lowest BCUT2D eigenvalue weighted by Gasteiger charge is -2.34. The van der Waals surface area contributed by atoms with Gasteiger partial charge < -0.3 is 10.0 Å². The number of hydrogen-bond donors (Lipinski definition) is 2. The molecule has 2 aliphatic rings. The van der Waals surface area contributed by atoms with Gasteiger partial charge in [-0.2, -0.15) is 17.4 Å². The minimum Gasteiger partial charge on any atom is -0.480 e. The normalized spacial score (nSPS) is 26.6. The molecular formula is C21H22ClN3O5S. The Balaban J connectivity index is 1.52. The van der Waals surface area contributed by atoms with Crippen LogP contribution < -0.4 is 9.62 Å². The number of anilines is 1. The van der Waals surface area contributed by atoms with Crippen LogP contribution in [0.2, 0.25) is 5.02 Å². The summed E-state index contributed by atoms with van der Waals surface area (Å²) < 4.78 is 29.5. The molecule has 1 saturated carbocycles. The minimum absolute atomic E-state index is 0.0454. The fraction of sp³-hybridized carbons (Fsp3) is 0.333. The number of hydrogen-bond acceptors (Lipinski definition) is 4. The molecule has 164 valence electrons. The monoisotopic (exact) mass is 463 g/mol. The second kappa shape index (κ2) is 7.90. The van der Waals surface area contributed by atoms with Gasteiger partial charge in [-0.25, -0.2) is 0 Å². The van der Waals surface area contributed by atoms with Crippen molar-refractivity contribution in [2.24, 2.45) is 5.92 Å². The molecule has 0 aromatic heterocycles. The Bertz CT molecular complexity index is 1110. The molecule has 1 saturated heterocycles. The second-order valence-electron chi connectivity index (χ2n) is 7.81. The quantitative estimate of drug-likeness (QED) is 0.682. The lowest BCUT2D eigenvalue weighted by Crippen LogP contribution is -2.58. The largest absolute Gasteiger partial charge is 0.480 e. The smallest absolute Gasteiger partial charge is 0.325 e. The molecule has 0 bridgehead atoms. The van der Waals surface area contributed by atoms with E-state index in [0.717, 1.165) is 9.87 Å². The number of carboxylic acid groups (broad SMARTS) is 1. The first-order valence-corrected chi connectivity index (χ1v) is 11.6. The van der Waals surface area contributed by atoms with E-state index in [-0.39, 0.29) is 19.6 Å². The van der Waals surface area contributed by atoms with Crippen molar-refractivity contribution >= 4 is 39.4 Å².